The standard InChI is InChI=1S/C13H18N4O/c1-3-14-10-8-18-7-9(10)13-16-12-11(17(13)2)5-4-6-15-12/h4-6,9-10,14H,3,7-8H2,1-2H3. The molecule has 3 rings (SSSR count). The van der Waals surface area contributed by atoms with Gasteiger partial charge in [-0.1, -0.05) is 6.92 Å². The molecule has 1 aliphatic heterocycles. The van der Waals surface area contributed by atoms with Crippen LogP contribution < -0.4 is 5.32 Å². The molecule has 3 heterocycles. The summed E-state index contributed by atoms with van der Waals surface area (Å²) in [4.78, 5) is 8.97. The summed E-state index contributed by atoms with van der Waals surface area (Å²) in [6.07, 6.45) is 1.78. The van der Waals surface area contributed by atoms with Gasteiger partial charge in [-0.05, 0) is 18.7 Å². The number of aryl methyl sites for hydroxylation is 1. The predicted molar refractivity (Wildman–Crippen MR) is 69.5 cm³/mol. The summed E-state index contributed by atoms with van der Waals surface area (Å²) in [5, 5.41) is 3.47. The third kappa shape index (κ3) is 1.79. The number of imidazole rings is 1. The van der Waals surface area contributed by atoms with Gasteiger partial charge in [-0.2, -0.15) is 0 Å². The lowest BCUT2D eigenvalue weighted by molar-refractivity contribution is 0.187. The van der Waals surface area contributed by atoms with Gasteiger partial charge in [0.05, 0.1) is 24.6 Å². The fraction of sp³-hybridized carbons (Fsp3) is 0.538. The molecule has 5 heteroatoms. The first-order valence-corrected chi connectivity index (χ1v) is 6.39. The number of ether oxygens (including phenoxy) is 1. The Morgan fingerprint density at radius 1 is 1.50 bits per heavy atom. The second-order valence-electron chi connectivity index (χ2n) is 4.68. The Balaban J connectivity index is 2.00. The first-order chi connectivity index (χ1) is 8.81. The molecular weight excluding hydrogens is 228 g/mol. The molecule has 1 N–H and O–H groups in total. The normalized spacial score (nSPS) is 23.9. The molecule has 1 saturated heterocycles. The van der Waals surface area contributed by atoms with E-state index in [-0.39, 0.29) is 0 Å². The van der Waals surface area contributed by atoms with Crippen LogP contribution in [0.4, 0.5) is 0 Å². The van der Waals surface area contributed by atoms with Crippen LogP contribution in [0.3, 0.4) is 0 Å². The highest BCUT2D eigenvalue weighted by Crippen LogP contribution is 2.27. The fourth-order valence-corrected chi connectivity index (χ4v) is 2.65. The minimum Gasteiger partial charge on any atom is -0.379 e. The smallest absolute Gasteiger partial charge is 0.177 e. The lowest BCUT2D eigenvalue weighted by Crippen LogP contribution is -2.35. The molecule has 2 aromatic heterocycles. The van der Waals surface area contributed by atoms with E-state index >= 15 is 0 Å². The minimum atomic E-state index is 0.309. The van der Waals surface area contributed by atoms with Crippen molar-refractivity contribution in [3.05, 3.63) is 24.2 Å². The molecule has 1 fully saturated rings. The molecule has 96 valence electrons. The Kier molecular flexibility index (Phi) is 3.01. The second-order valence-corrected chi connectivity index (χ2v) is 4.68. The van der Waals surface area contributed by atoms with Crippen LogP contribution in [0.25, 0.3) is 11.2 Å². The van der Waals surface area contributed by atoms with Gasteiger partial charge in [0, 0.05) is 19.3 Å². The van der Waals surface area contributed by atoms with E-state index in [1.54, 1.807) is 6.20 Å². The summed E-state index contributed by atoms with van der Waals surface area (Å²) >= 11 is 0. The number of rotatable bonds is 3. The van der Waals surface area contributed by atoms with Crippen molar-refractivity contribution in [1.82, 2.24) is 19.9 Å². The number of nitrogens with one attached hydrogen (secondary N) is 1. The molecule has 0 spiro atoms. The molecular formula is C13H18N4O. The van der Waals surface area contributed by atoms with Crippen LogP contribution in [0.1, 0.15) is 18.7 Å². The molecule has 0 saturated carbocycles. The van der Waals surface area contributed by atoms with Gasteiger partial charge in [0.1, 0.15) is 5.82 Å². The highest BCUT2D eigenvalue weighted by atomic mass is 16.5. The van der Waals surface area contributed by atoms with E-state index in [1.165, 1.54) is 0 Å². The van der Waals surface area contributed by atoms with Crippen molar-refractivity contribution in [3.8, 4) is 0 Å². The lowest BCUT2D eigenvalue weighted by Gasteiger charge is -2.17. The largest absolute Gasteiger partial charge is 0.379 e. The Bertz CT molecular complexity index is 551. The first kappa shape index (κ1) is 11.6. The summed E-state index contributed by atoms with van der Waals surface area (Å²) in [6.45, 7) is 4.56. The van der Waals surface area contributed by atoms with Gasteiger partial charge in [0.2, 0.25) is 0 Å². The highest BCUT2D eigenvalue weighted by Gasteiger charge is 2.32. The van der Waals surface area contributed by atoms with Crippen molar-refractivity contribution in [2.75, 3.05) is 19.8 Å². The van der Waals surface area contributed by atoms with Crippen molar-refractivity contribution in [3.63, 3.8) is 0 Å². The van der Waals surface area contributed by atoms with Gasteiger partial charge in [-0.25, -0.2) is 9.97 Å². The third-order valence-electron chi connectivity index (χ3n) is 3.57. The predicted octanol–water partition coefficient (Wildman–Crippen LogP) is 1.06. The highest BCUT2D eigenvalue weighted by molar-refractivity contribution is 5.71. The lowest BCUT2D eigenvalue weighted by atomic mass is 10.0. The van der Waals surface area contributed by atoms with Crippen LogP contribution in [0, 0.1) is 0 Å². The minimum absolute atomic E-state index is 0.309. The average molecular weight is 246 g/mol. The van der Waals surface area contributed by atoms with Crippen molar-refractivity contribution in [1.29, 1.82) is 0 Å². The zero-order valence-electron chi connectivity index (χ0n) is 10.8. The second kappa shape index (κ2) is 4.66. The quantitative estimate of drug-likeness (QED) is 0.880. The molecule has 0 bridgehead atoms. The summed E-state index contributed by atoms with van der Waals surface area (Å²) in [5.41, 5.74) is 1.90. The van der Waals surface area contributed by atoms with Crippen LogP contribution in [-0.2, 0) is 11.8 Å². The van der Waals surface area contributed by atoms with E-state index in [0.717, 1.165) is 36.7 Å². The summed E-state index contributed by atoms with van der Waals surface area (Å²) in [5.74, 6) is 1.37. The number of hydrogen-bond acceptors (Lipinski definition) is 4. The van der Waals surface area contributed by atoms with Crippen LogP contribution in [0.15, 0.2) is 18.3 Å². The van der Waals surface area contributed by atoms with Crippen LogP contribution in [0.2, 0.25) is 0 Å². The molecule has 2 atom stereocenters. The van der Waals surface area contributed by atoms with E-state index in [9.17, 15) is 0 Å². The van der Waals surface area contributed by atoms with Crippen molar-refractivity contribution < 1.29 is 4.74 Å². The number of pyridine rings is 1. The van der Waals surface area contributed by atoms with Crippen LogP contribution >= 0.6 is 0 Å². The third-order valence-corrected chi connectivity index (χ3v) is 3.57. The van der Waals surface area contributed by atoms with Gasteiger partial charge in [0.25, 0.3) is 0 Å². The van der Waals surface area contributed by atoms with E-state index in [4.69, 9.17) is 4.74 Å². The Hall–Kier alpha value is -1.46. The number of likely N-dealkylation sites (N-methyl/N-ethyl adjacent to an activating group) is 1. The number of aromatic nitrogens is 3. The first-order valence-electron chi connectivity index (χ1n) is 6.39. The number of nitrogens with zero attached hydrogens (tertiary/aromatic N) is 3. The molecule has 5 nitrogen and oxygen atoms in total. The number of fused-ring (bicyclic) bond motifs is 1. The molecule has 2 aromatic rings. The van der Waals surface area contributed by atoms with Gasteiger partial charge in [-0.15, -0.1) is 0 Å². The molecule has 0 radical (unpaired) electrons. The Morgan fingerprint density at radius 2 is 2.39 bits per heavy atom. The van der Waals surface area contributed by atoms with Gasteiger partial charge >= 0.3 is 0 Å². The van der Waals surface area contributed by atoms with Crippen molar-refractivity contribution in [2.24, 2.45) is 7.05 Å². The van der Waals surface area contributed by atoms with E-state index in [0.29, 0.717) is 12.0 Å². The fourth-order valence-electron chi connectivity index (χ4n) is 2.65. The average Bonchev–Trinajstić information content (AvgIpc) is 2.96. The zero-order chi connectivity index (χ0) is 12.5. The van der Waals surface area contributed by atoms with E-state index < -0.39 is 0 Å². The molecule has 18 heavy (non-hydrogen) atoms. The van der Waals surface area contributed by atoms with Crippen molar-refractivity contribution in [2.45, 2.75) is 18.9 Å². The van der Waals surface area contributed by atoms with Crippen LogP contribution in [-0.4, -0.2) is 40.3 Å². The molecule has 1 aliphatic rings. The zero-order valence-corrected chi connectivity index (χ0v) is 10.8. The monoisotopic (exact) mass is 246 g/mol. The summed E-state index contributed by atoms with van der Waals surface area (Å²) < 4.78 is 7.72. The van der Waals surface area contributed by atoms with Crippen molar-refractivity contribution >= 4 is 11.2 Å². The topological polar surface area (TPSA) is 52.0 Å². The SMILES string of the molecule is CCNC1COCC1c1nc2ncccc2n1C. The molecule has 0 amide bonds. The maximum atomic E-state index is 5.59. The van der Waals surface area contributed by atoms with Crippen LogP contribution in [0.5, 0.6) is 0 Å². The van der Waals surface area contributed by atoms with Gasteiger partial charge in [-0.3, -0.25) is 0 Å². The summed E-state index contributed by atoms with van der Waals surface area (Å²) in [7, 11) is 2.05. The molecule has 0 aromatic carbocycles. The summed E-state index contributed by atoms with van der Waals surface area (Å²) in [6, 6.07) is 4.35. The maximum Gasteiger partial charge on any atom is 0.177 e. The molecule has 0 aliphatic carbocycles. The number of hydrogen-bond donors (Lipinski definition) is 1. The molecule has 2 unspecified atom stereocenters. The van der Waals surface area contributed by atoms with Gasteiger partial charge < -0.3 is 14.6 Å². The maximum absolute atomic E-state index is 5.59. The Labute approximate surface area is 106 Å². The van der Waals surface area contributed by atoms with Gasteiger partial charge in [0.15, 0.2) is 5.65 Å². The Morgan fingerprint density at radius 3 is 3.17 bits per heavy atom. The van der Waals surface area contributed by atoms with E-state index in [1.807, 2.05) is 13.1 Å². The van der Waals surface area contributed by atoms with E-state index in [2.05, 4.69) is 32.8 Å².